The number of benzene rings is 1. The molecule has 1 aromatic carbocycles. The molecule has 0 aliphatic rings. The third-order valence-electron chi connectivity index (χ3n) is 3.78. The fraction of sp³-hybridized carbons (Fsp3) is 0.471. The maximum absolute atomic E-state index is 6.01. The van der Waals surface area contributed by atoms with Gasteiger partial charge in [-0.3, -0.25) is 5.10 Å². The van der Waals surface area contributed by atoms with Gasteiger partial charge in [0.05, 0.1) is 5.69 Å². The number of hydrogen-bond donors (Lipinski definition) is 2. The minimum Gasteiger partial charge on any atom is -0.329 e. The van der Waals surface area contributed by atoms with Gasteiger partial charge in [0.15, 0.2) is 0 Å². The van der Waals surface area contributed by atoms with Crippen LogP contribution in [0.15, 0.2) is 24.3 Å². The Morgan fingerprint density at radius 3 is 2.40 bits per heavy atom. The van der Waals surface area contributed by atoms with Gasteiger partial charge < -0.3 is 5.73 Å². The van der Waals surface area contributed by atoms with Crippen molar-refractivity contribution in [1.29, 1.82) is 0 Å². The number of nitrogens with zero attached hydrogens (tertiary/aromatic N) is 1. The smallest absolute Gasteiger partial charge is 0.0678 e. The van der Waals surface area contributed by atoms with Gasteiger partial charge in [-0.2, -0.15) is 5.10 Å². The average molecular weight is 271 g/mol. The molecular formula is C17H25N3. The van der Waals surface area contributed by atoms with Crippen molar-refractivity contribution in [3.63, 3.8) is 0 Å². The number of nitrogens with one attached hydrogen (secondary N) is 1. The molecule has 0 bridgehead atoms. The summed E-state index contributed by atoms with van der Waals surface area (Å²) in [7, 11) is 0. The third kappa shape index (κ3) is 2.93. The molecule has 0 amide bonds. The molecule has 3 heteroatoms. The Labute approximate surface area is 121 Å². The van der Waals surface area contributed by atoms with Gasteiger partial charge in [0.25, 0.3) is 0 Å². The van der Waals surface area contributed by atoms with Crippen LogP contribution >= 0.6 is 0 Å². The second-order valence-corrected chi connectivity index (χ2v) is 6.61. The van der Waals surface area contributed by atoms with E-state index >= 15 is 0 Å². The zero-order chi connectivity index (χ0) is 14.9. The standard InChI is InChI=1S/C17H25N3/c1-11-6-7-13(12(2)8-11)14(10-18)15-9-16(20-19-15)17(3,4)5/h6-9,14H,10,18H2,1-5H3,(H,19,20). The van der Waals surface area contributed by atoms with Crippen LogP contribution < -0.4 is 5.73 Å². The third-order valence-corrected chi connectivity index (χ3v) is 3.78. The summed E-state index contributed by atoms with van der Waals surface area (Å²) in [5, 5.41) is 7.62. The summed E-state index contributed by atoms with van der Waals surface area (Å²) in [5.41, 5.74) is 12.1. The van der Waals surface area contributed by atoms with Crippen LogP contribution in [0.25, 0.3) is 0 Å². The van der Waals surface area contributed by atoms with Gasteiger partial charge in [0, 0.05) is 23.6 Å². The lowest BCUT2D eigenvalue weighted by molar-refractivity contribution is 0.567. The van der Waals surface area contributed by atoms with E-state index in [4.69, 9.17) is 5.73 Å². The van der Waals surface area contributed by atoms with Gasteiger partial charge in [-0.1, -0.05) is 44.5 Å². The zero-order valence-corrected chi connectivity index (χ0v) is 13.1. The van der Waals surface area contributed by atoms with E-state index < -0.39 is 0 Å². The van der Waals surface area contributed by atoms with Crippen molar-refractivity contribution in [2.24, 2.45) is 5.73 Å². The molecule has 1 atom stereocenters. The van der Waals surface area contributed by atoms with Crippen LogP contribution in [0, 0.1) is 13.8 Å². The van der Waals surface area contributed by atoms with E-state index in [0.29, 0.717) is 6.54 Å². The number of nitrogens with two attached hydrogens (primary N) is 1. The van der Waals surface area contributed by atoms with Crippen LogP contribution in [0.5, 0.6) is 0 Å². The van der Waals surface area contributed by atoms with E-state index in [1.165, 1.54) is 16.7 Å². The number of aromatic amines is 1. The van der Waals surface area contributed by atoms with Crippen molar-refractivity contribution in [3.05, 3.63) is 52.3 Å². The van der Waals surface area contributed by atoms with Crippen LogP contribution in [-0.2, 0) is 5.41 Å². The molecule has 3 nitrogen and oxygen atoms in total. The molecule has 20 heavy (non-hydrogen) atoms. The summed E-state index contributed by atoms with van der Waals surface area (Å²) in [6.45, 7) is 11.3. The lowest BCUT2D eigenvalue weighted by Crippen LogP contribution is -2.15. The maximum atomic E-state index is 6.01. The first-order valence-corrected chi connectivity index (χ1v) is 7.16. The molecule has 0 fully saturated rings. The van der Waals surface area contributed by atoms with Crippen LogP contribution in [0.2, 0.25) is 0 Å². The molecule has 0 aliphatic carbocycles. The summed E-state index contributed by atoms with van der Waals surface area (Å²) in [5.74, 6) is 0.180. The Morgan fingerprint density at radius 1 is 1.20 bits per heavy atom. The Balaban J connectivity index is 2.40. The fourth-order valence-electron chi connectivity index (χ4n) is 2.54. The topological polar surface area (TPSA) is 54.7 Å². The molecule has 0 saturated heterocycles. The molecule has 0 spiro atoms. The van der Waals surface area contributed by atoms with Gasteiger partial charge in [0.1, 0.15) is 0 Å². The Morgan fingerprint density at radius 2 is 1.90 bits per heavy atom. The number of aromatic nitrogens is 2. The first kappa shape index (κ1) is 14.8. The van der Waals surface area contributed by atoms with Crippen molar-refractivity contribution in [1.82, 2.24) is 10.2 Å². The fourth-order valence-corrected chi connectivity index (χ4v) is 2.54. The zero-order valence-electron chi connectivity index (χ0n) is 13.1. The van der Waals surface area contributed by atoms with Crippen LogP contribution in [0.1, 0.15) is 54.8 Å². The first-order valence-electron chi connectivity index (χ1n) is 7.16. The number of rotatable bonds is 3. The lowest BCUT2D eigenvalue weighted by atomic mass is 9.88. The van der Waals surface area contributed by atoms with Crippen LogP contribution in [0.4, 0.5) is 0 Å². The highest BCUT2D eigenvalue weighted by molar-refractivity contribution is 5.38. The van der Waals surface area contributed by atoms with E-state index in [-0.39, 0.29) is 11.3 Å². The second-order valence-electron chi connectivity index (χ2n) is 6.61. The van der Waals surface area contributed by atoms with Crippen molar-refractivity contribution < 1.29 is 0 Å². The number of aryl methyl sites for hydroxylation is 2. The summed E-state index contributed by atoms with van der Waals surface area (Å²) >= 11 is 0. The SMILES string of the molecule is Cc1ccc(C(CN)c2cc(C(C)(C)C)n[nH]2)c(C)c1. The summed E-state index contributed by atoms with van der Waals surface area (Å²) < 4.78 is 0. The predicted molar refractivity (Wildman–Crippen MR) is 84.1 cm³/mol. The molecule has 108 valence electrons. The molecule has 1 aromatic heterocycles. The lowest BCUT2D eigenvalue weighted by Gasteiger charge is -2.17. The molecule has 2 aromatic rings. The molecular weight excluding hydrogens is 246 g/mol. The Bertz CT molecular complexity index is 591. The molecule has 0 aliphatic heterocycles. The normalized spacial score (nSPS) is 13.5. The summed E-state index contributed by atoms with van der Waals surface area (Å²) in [4.78, 5) is 0. The highest BCUT2D eigenvalue weighted by Crippen LogP contribution is 2.29. The van der Waals surface area contributed by atoms with Gasteiger partial charge in [0.2, 0.25) is 0 Å². The summed E-state index contributed by atoms with van der Waals surface area (Å²) in [6.07, 6.45) is 0. The maximum Gasteiger partial charge on any atom is 0.0678 e. The molecule has 1 unspecified atom stereocenters. The van der Waals surface area contributed by atoms with Crippen LogP contribution in [0.3, 0.4) is 0 Å². The predicted octanol–water partition coefficient (Wildman–Crippen LogP) is 3.41. The highest BCUT2D eigenvalue weighted by atomic mass is 15.1. The summed E-state index contributed by atoms with van der Waals surface area (Å²) in [6, 6.07) is 8.68. The Kier molecular flexibility index (Phi) is 4.00. The quantitative estimate of drug-likeness (QED) is 0.898. The second kappa shape index (κ2) is 5.41. The van der Waals surface area contributed by atoms with E-state index in [0.717, 1.165) is 11.4 Å². The molecule has 2 rings (SSSR count). The van der Waals surface area contributed by atoms with Crippen molar-refractivity contribution in [3.8, 4) is 0 Å². The number of hydrogen-bond acceptors (Lipinski definition) is 2. The van der Waals surface area contributed by atoms with Gasteiger partial charge in [-0.05, 0) is 31.0 Å². The van der Waals surface area contributed by atoms with Crippen molar-refractivity contribution in [2.75, 3.05) is 6.54 Å². The van der Waals surface area contributed by atoms with Crippen molar-refractivity contribution >= 4 is 0 Å². The largest absolute Gasteiger partial charge is 0.329 e. The van der Waals surface area contributed by atoms with E-state index in [1.54, 1.807) is 0 Å². The van der Waals surface area contributed by atoms with Crippen molar-refractivity contribution in [2.45, 2.75) is 46.0 Å². The average Bonchev–Trinajstić information content (AvgIpc) is 2.82. The highest BCUT2D eigenvalue weighted by Gasteiger charge is 2.22. The first-order chi connectivity index (χ1) is 9.32. The monoisotopic (exact) mass is 271 g/mol. The van der Waals surface area contributed by atoms with Gasteiger partial charge in [-0.15, -0.1) is 0 Å². The minimum absolute atomic E-state index is 0.0518. The van der Waals surface area contributed by atoms with E-state index in [9.17, 15) is 0 Å². The van der Waals surface area contributed by atoms with Gasteiger partial charge in [-0.25, -0.2) is 0 Å². The molecule has 0 radical (unpaired) electrons. The number of H-pyrrole nitrogens is 1. The van der Waals surface area contributed by atoms with E-state index in [2.05, 4.69) is 69.1 Å². The van der Waals surface area contributed by atoms with Crippen LogP contribution in [-0.4, -0.2) is 16.7 Å². The van der Waals surface area contributed by atoms with E-state index in [1.807, 2.05) is 0 Å². The van der Waals surface area contributed by atoms with Gasteiger partial charge >= 0.3 is 0 Å². The minimum atomic E-state index is 0.0518. The molecule has 0 saturated carbocycles. The molecule has 3 N–H and O–H groups in total. The Hall–Kier alpha value is -1.61. The molecule has 1 heterocycles.